The lowest BCUT2D eigenvalue weighted by Crippen LogP contribution is -1.99. The highest BCUT2D eigenvalue weighted by Gasteiger charge is 1.89. The molecule has 1 heterocycles. The molecule has 0 spiro atoms. The summed E-state index contributed by atoms with van der Waals surface area (Å²) in [4.78, 5) is 0. The van der Waals surface area contributed by atoms with E-state index in [1.54, 1.807) is 12.4 Å². The van der Waals surface area contributed by atoms with E-state index in [-0.39, 0.29) is 0 Å². The van der Waals surface area contributed by atoms with Crippen LogP contribution in [0.3, 0.4) is 0 Å². The molecule has 0 fully saturated rings. The van der Waals surface area contributed by atoms with Crippen molar-refractivity contribution >= 4 is 0 Å². The van der Waals surface area contributed by atoms with Gasteiger partial charge in [-0.05, 0) is 6.20 Å². The minimum Gasteiger partial charge on any atom is -0.510 e. The molecule has 0 atom stereocenters. The highest BCUT2D eigenvalue weighted by molar-refractivity contribution is 5.04. The maximum Gasteiger partial charge on any atom is 0.112 e. The van der Waals surface area contributed by atoms with Crippen LogP contribution in [0.25, 0.3) is 0 Å². The number of allylic oxidation sites excluding steroid dienone is 1. The van der Waals surface area contributed by atoms with Crippen LogP contribution in [0.5, 0.6) is 0 Å². The molecule has 2 nitrogen and oxygen atoms in total. The van der Waals surface area contributed by atoms with E-state index >= 15 is 0 Å². The molecular weight excluding hydrogens is 90.1 g/mol. The Morgan fingerprint density at radius 2 is 2.57 bits per heavy atom. The second-order valence-corrected chi connectivity index (χ2v) is 1.41. The summed E-state index contributed by atoms with van der Waals surface area (Å²) >= 11 is 0. The Bertz CT molecular complexity index is 115. The summed E-state index contributed by atoms with van der Waals surface area (Å²) in [6.45, 7) is 0. The van der Waals surface area contributed by atoms with Crippen molar-refractivity contribution in [2.45, 2.75) is 6.42 Å². The summed E-state index contributed by atoms with van der Waals surface area (Å²) in [6, 6.07) is 0. The monoisotopic (exact) mass is 97.1 g/mol. The van der Waals surface area contributed by atoms with Crippen molar-refractivity contribution in [2.24, 2.45) is 0 Å². The van der Waals surface area contributed by atoms with Crippen molar-refractivity contribution in [3.63, 3.8) is 0 Å². The molecule has 0 saturated heterocycles. The fourth-order valence-electron chi connectivity index (χ4n) is 0.451. The predicted molar refractivity (Wildman–Crippen MR) is 27.6 cm³/mol. The molecule has 0 amide bonds. The average molecular weight is 97.1 g/mol. The van der Waals surface area contributed by atoms with E-state index in [4.69, 9.17) is 5.11 Å². The van der Waals surface area contributed by atoms with Crippen molar-refractivity contribution in [3.05, 3.63) is 24.2 Å². The summed E-state index contributed by atoms with van der Waals surface area (Å²) in [5.41, 5.74) is 0. The topological polar surface area (TPSA) is 32.3 Å². The lowest BCUT2D eigenvalue weighted by molar-refractivity contribution is 0.395. The minimum atomic E-state index is 0.391. The fourth-order valence-corrected chi connectivity index (χ4v) is 0.451. The van der Waals surface area contributed by atoms with Crippen LogP contribution in [0.1, 0.15) is 6.42 Å². The predicted octanol–water partition coefficient (Wildman–Crippen LogP) is 0.893. The van der Waals surface area contributed by atoms with Crippen molar-refractivity contribution in [2.75, 3.05) is 0 Å². The van der Waals surface area contributed by atoms with Crippen LogP contribution in [-0.4, -0.2) is 5.11 Å². The van der Waals surface area contributed by atoms with Gasteiger partial charge in [-0.2, -0.15) is 0 Å². The maximum absolute atomic E-state index is 8.66. The quantitative estimate of drug-likeness (QED) is 0.470. The number of aliphatic hydroxyl groups is 1. The molecule has 0 radical (unpaired) electrons. The van der Waals surface area contributed by atoms with Crippen LogP contribution in [0, 0.1) is 0 Å². The number of aliphatic hydroxyl groups excluding tert-OH is 1. The first-order valence-electron chi connectivity index (χ1n) is 2.18. The molecule has 1 aliphatic heterocycles. The molecule has 0 aliphatic carbocycles. The highest BCUT2D eigenvalue weighted by atomic mass is 16.3. The van der Waals surface area contributed by atoms with Gasteiger partial charge in [0.15, 0.2) is 0 Å². The van der Waals surface area contributed by atoms with Crippen molar-refractivity contribution < 1.29 is 5.11 Å². The normalized spacial score (nSPS) is 18.0. The van der Waals surface area contributed by atoms with Gasteiger partial charge in [0.05, 0.1) is 0 Å². The van der Waals surface area contributed by atoms with Crippen molar-refractivity contribution in [3.8, 4) is 0 Å². The second kappa shape index (κ2) is 1.69. The van der Waals surface area contributed by atoms with Gasteiger partial charge in [0.2, 0.25) is 0 Å². The zero-order valence-electron chi connectivity index (χ0n) is 3.89. The Balaban J connectivity index is 2.50. The first-order chi connectivity index (χ1) is 3.39. The number of nitrogens with one attached hydrogen (secondary N) is 1. The minimum absolute atomic E-state index is 0.391. The largest absolute Gasteiger partial charge is 0.510 e. The molecule has 0 aromatic heterocycles. The van der Waals surface area contributed by atoms with Gasteiger partial charge in [-0.25, -0.2) is 0 Å². The Kier molecular flexibility index (Phi) is 1.02. The number of hydrogen-bond donors (Lipinski definition) is 2. The van der Waals surface area contributed by atoms with E-state index in [1.165, 1.54) is 0 Å². The third-order valence-corrected chi connectivity index (χ3v) is 0.791. The van der Waals surface area contributed by atoms with Crippen LogP contribution in [0.15, 0.2) is 24.2 Å². The summed E-state index contributed by atoms with van der Waals surface area (Å²) in [5, 5.41) is 11.4. The van der Waals surface area contributed by atoms with Crippen LogP contribution < -0.4 is 5.32 Å². The lowest BCUT2D eigenvalue weighted by atomic mass is 10.3. The molecule has 0 aromatic rings. The molecule has 38 valence electrons. The first-order valence-corrected chi connectivity index (χ1v) is 2.18. The molecule has 1 rings (SSSR count). The Morgan fingerprint density at radius 3 is 2.86 bits per heavy atom. The number of dihydropyridines is 1. The average Bonchev–Trinajstić information content (AvgIpc) is 1.69. The van der Waals surface area contributed by atoms with E-state index in [1.807, 2.05) is 6.08 Å². The molecule has 2 N–H and O–H groups in total. The van der Waals surface area contributed by atoms with Gasteiger partial charge in [0, 0.05) is 12.6 Å². The standard InChI is InChI=1S/C5H7NO/c7-5-2-1-3-6-4-5/h1,3-4,6-7H,2H2. The van der Waals surface area contributed by atoms with E-state index in [0.29, 0.717) is 12.2 Å². The first kappa shape index (κ1) is 4.24. The van der Waals surface area contributed by atoms with Gasteiger partial charge in [-0.15, -0.1) is 0 Å². The molecular formula is C5H7NO. The van der Waals surface area contributed by atoms with Crippen molar-refractivity contribution in [1.82, 2.24) is 5.32 Å². The van der Waals surface area contributed by atoms with E-state index in [0.717, 1.165) is 0 Å². The highest BCUT2D eigenvalue weighted by Crippen LogP contribution is 1.98. The third kappa shape index (κ3) is 0.961. The summed E-state index contributed by atoms with van der Waals surface area (Å²) in [6.07, 6.45) is 5.88. The third-order valence-electron chi connectivity index (χ3n) is 0.791. The van der Waals surface area contributed by atoms with Crippen LogP contribution >= 0.6 is 0 Å². The SMILES string of the molecule is OC1=CNC=CC1. The van der Waals surface area contributed by atoms with Gasteiger partial charge in [-0.1, -0.05) is 6.08 Å². The number of hydrogen-bond acceptors (Lipinski definition) is 2. The molecule has 0 saturated carbocycles. The van der Waals surface area contributed by atoms with E-state index < -0.39 is 0 Å². The molecule has 0 aromatic carbocycles. The molecule has 2 heteroatoms. The van der Waals surface area contributed by atoms with Gasteiger partial charge in [-0.3, -0.25) is 0 Å². The van der Waals surface area contributed by atoms with E-state index in [9.17, 15) is 0 Å². The zero-order valence-corrected chi connectivity index (χ0v) is 3.89. The zero-order chi connectivity index (χ0) is 5.11. The summed E-state index contributed by atoms with van der Waals surface area (Å²) in [5.74, 6) is 0.391. The van der Waals surface area contributed by atoms with Crippen LogP contribution in [0.4, 0.5) is 0 Å². The van der Waals surface area contributed by atoms with E-state index in [2.05, 4.69) is 5.32 Å². The molecule has 7 heavy (non-hydrogen) atoms. The van der Waals surface area contributed by atoms with Gasteiger partial charge in [0.1, 0.15) is 5.76 Å². The molecule has 0 bridgehead atoms. The Hall–Kier alpha value is -0.920. The summed E-state index contributed by atoms with van der Waals surface area (Å²) in [7, 11) is 0. The molecule has 0 unspecified atom stereocenters. The Labute approximate surface area is 42.2 Å². The summed E-state index contributed by atoms with van der Waals surface area (Å²) < 4.78 is 0. The maximum atomic E-state index is 8.66. The smallest absolute Gasteiger partial charge is 0.112 e. The van der Waals surface area contributed by atoms with Gasteiger partial charge >= 0.3 is 0 Å². The second-order valence-electron chi connectivity index (χ2n) is 1.41. The van der Waals surface area contributed by atoms with Gasteiger partial charge < -0.3 is 10.4 Å². The Morgan fingerprint density at radius 1 is 1.71 bits per heavy atom. The fraction of sp³-hybridized carbons (Fsp3) is 0.200. The lowest BCUT2D eigenvalue weighted by Gasteiger charge is -1.99. The molecule has 1 aliphatic rings. The van der Waals surface area contributed by atoms with Crippen molar-refractivity contribution in [1.29, 1.82) is 0 Å². The van der Waals surface area contributed by atoms with Crippen LogP contribution in [0.2, 0.25) is 0 Å². The van der Waals surface area contributed by atoms with Gasteiger partial charge in [0.25, 0.3) is 0 Å². The number of rotatable bonds is 0. The van der Waals surface area contributed by atoms with Crippen LogP contribution in [-0.2, 0) is 0 Å².